The number of para-hydroxylation sites is 1. The summed E-state index contributed by atoms with van der Waals surface area (Å²) < 4.78 is 5.58. The number of anilines is 2. The lowest BCUT2D eigenvalue weighted by Gasteiger charge is -2.17. The molecule has 0 spiro atoms. The van der Waals surface area contributed by atoms with Gasteiger partial charge in [-0.1, -0.05) is 41.4 Å². The van der Waals surface area contributed by atoms with Crippen LogP contribution in [0.2, 0.25) is 10.0 Å². The first kappa shape index (κ1) is 22.7. The van der Waals surface area contributed by atoms with Gasteiger partial charge < -0.3 is 15.0 Å². The molecule has 0 aliphatic rings. The molecular weight excluding hydrogens is 435 g/mol. The zero-order valence-electron chi connectivity index (χ0n) is 17.0. The van der Waals surface area contributed by atoms with E-state index in [1.54, 1.807) is 54.4 Å². The van der Waals surface area contributed by atoms with E-state index in [2.05, 4.69) is 5.32 Å². The van der Waals surface area contributed by atoms with Gasteiger partial charge in [0, 0.05) is 35.4 Å². The van der Waals surface area contributed by atoms with E-state index in [0.29, 0.717) is 46.5 Å². The second kappa shape index (κ2) is 10.8. The minimum atomic E-state index is -0.133. The second-order valence-electron chi connectivity index (χ2n) is 6.85. The van der Waals surface area contributed by atoms with Gasteiger partial charge in [-0.2, -0.15) is 0 Å². The van der Waals surface area contributed by atoms with Gasteiger partial charge in [0.25, 0.3) is 5.91 Å². The molecule has 160 valence electrons. The van der Waals surface area contributed by atoms with Crippen molar-refractivity contribution in [3.63, 3.8) is 0 Å². The van der Waals surface area contributed by atoms with Gasteiger partial charge in [0.15, 0.2) is 0 Å². The highest BCUT2D eigenvalue weighted by Crippen LogP contribution is 2.27. The first-order valence-electron chi connectivity index (χ1n) is 9.75. The van der Waals surface area contributed by atoms with Crippen LogP contribution < -0.4 is 15.0 Å². The average Bonchev–Trinajstić information content (AvgIpc) is 2.78. The zero-order valence-corrected chi connectivity index (χ0v) is 18.5. The minimum Gasteiger partial charge on any atom is -0.492 e. The smallest absolute Gasteiger partial charge is 0.258 e. The molecule has 0 aliphatic carbocycles. The molecule has 0 fully saturated rings. The highest BCUT2D eigenvalue weighted by molar-refractivity contribution is 6.35. The normalized spacial score (nSPS) is 10.4. The third-order valence-electron chi connectivity index (χ3n) is 4.56. The Balaban J connectivity index is 1.45. The molecule has 1 N–H and O–H groups in total. The first-order valence-corrected chi connectivity index (χ1v) is 10.5. The topological polar surface area (TPSA) is 58.6 Å². The number of hydrogen-bond donors (Lipinski definition) is 1. The molecule has 2 amide bonds. The summed E-state index contributed by atoms with van der Waals surface area (Å²) in [6.45, 7) is 0.355. The van der Waals surface area contributed by atoms with Crippen LogP contribution in [0.1, 0.15) is 23.2 Å². The van der Waals surface area contributed by atoms with Crippen LogP contribution in [0.4, 0.5) is 11.4 Å². The summed E-state index contributed by atoms with van der Waals surface area (Å²) >= 11 is 11.9. The molecule has 0 aromatic heterocycles. The summed E-state index contributed by atoms with van der Waals surface area (Å²) in [5, 5.41) is 3.80. The SMILES string of the molecule is CN(C(=O)c1ccc(NC(=O)CCCOc2ccc(Cl)cc2Cl)cc1)c1ccccc1. The van der Waals surface area contributed by atoms with Crippen molar-refractivity contribution in [1.82, 2.24) is 0 Å². The van der Waals surface area contributed by atoms with E-state index in [0.717, 1.165) is 5.69 Å². The maximum atomic E-state index is 12.6. The van der Waals surface area contributed by atoms with E-state index < -0.39 is 0 Å². The number of carbonyl (C=O) groups excluding carboxylic acids is 2. The maximum Gasteiger partial charge on any atom is 0.258 e. The van der Waals surface area contributed by atoms with Crippen LogP contribution in [0.15, 0.2) is 72.8 Å². The number of benzene rings is 3. The average molecular weight is 457 g/mol. The predicted octanol–water partition coefficient (Wildman–Crippen LogP) is 6.07. The van der Waals surface area contributed by atoms with E-state index in [4.69, 9.17) is 27.9 Å². The van der Waals surface area contributed by atoms with Crippen molar-refractivity contribution in [2.45, 2.75) is 12.8 Å². The van der Waals surface area contributed by atoms with Crippen molar-refractivity contribution in [2.24, 2.45) is 0 Å². The number of hydrogen-bond acceptors (Lipinski definition) is 3. The van der Waals surface area contributed by atoms with Gasteiger partial charge in [-0.15, -0.1) is 0 Å². The van der Waals surface area contributed by atoms with Crippen molar-refractivity contribution in [3.05, 3.63) is 88.4 Å². The Morgan fingerprint density at radius 1 is 0.968 bits per heavy atom. The Hall–Kier alpha value is -3.02. The quantitative estimate of drug-likeness (QED) is 0.418. The molecule has 0 saturated carbocycles. The molecule has 5 nitrogen and oxygen atoms in total. The molecule has 0 heterocycles. The zero-order chi connectivity index (χ0) is 22.2. The first-order chi connectivity index (χ1) is 14.9. The molecule has 7 heteroatoms. The predicted molar refractivity (Wildman–Crippen MR) is 125 cm³/mol. The lowest BCUT2D eigenvalue weighted by Crippen LogP contribution is -2.26. The Morgan fingerprint density at radius 2 is 1.68 bits per heavy atom. The Kier molecular flexibility index (Phi) is 7.93. The van der Waals surface area contributed by atoms with Crippen LogP contribution in [0.3, 0.4) is 0 Å². The van der Waals surface area contributed by atoms with Crippen molar-refractivity contribution in [1.29, 1.82) is 0 Å². The standard InChI is InChI=1S/C24H22Cl2N2O3/c1-28(20-6-3-2-4-7-20)24(30)17-9-12-19(13-10-17)27-23(29)8-5-15-31-22-14-11-18(25)16-21(22)26/h2-4,6-7,9-14,16H,5,8,15H2,1H3,(H,27,29). The summed E-state index contributed by atoms with van der Waals surface area (Å²) in [6.07, 6.45) is 0.825. The Bertz CT molecular complexity index is 1040. The van der Waals surface area contributed by atoms with Crippen LogP contribution in [-0.2, 0) is 4.79 Å². The number of rotatable bonds is 8. The molecule has 3 aromatic carbocycles. The van der Waals surface area contributed by atoms with Gasteiger partial charge in [-0.05, 0) is 61.0 Å². The lowest BCUT2D eigenvalue weighted by atomic mass is 10.1. The van der Waals surface area contributed by atoms with E-state index in [-0.39, 0.29) is 11.8 Å². The Morgan fingerprint density at radius 3 is 2.35 bits per heavy atom. The molecule has 3 aromatic rings. The number of halogens is 2. The number of nitrogens with one attached hydrogen (secondary N) is 1. The van der Waals surface area contributed by atoms with Gasteiger partial charge in [0.1, 0.15) is 5.75 Å². The number of nitrogens with zero attached hydrogens (tertiary/aromatic N) is 1. The van der Waals surface area contributed by atoms with Gasteiger partial charge in [-0.3, -0.25) is 9.59 Å². The van der Waals surface area contributed by atoms with E-state index in [1.807, 2.05) is 30.3 Å². The highest BCUT2D eigenvalue weighted by atomic mass is 35.5. The van der Waals surface area contributed by atoms with Crippen molar-refractivity contribution < 1.29 is 14.3 Å². The fourth-order valence-corrected chi connectivity index (χ4v) is 3.35. The second-order valence-corrected chi connectivity index (χ2v) is 7.70. The minimum absolute atomic E-state index is 0.123. The van der Waals surface area contributed by atoms with Gasteiger partial charge in [0.05, 0.1) is 11.6 Å². The molecule has 31 heavy (non-hydrogen) atoms. The lowest BCUT2D eigenvalue weighted by molar-refractivity contribution is -0.116. The summed E-state index contributed by atoms with van der Waals surface area (Å²) in [5.41, 5.74) is 1.98. The van der Waals surface area contributed by atoms with Crippen molar-refractivity contribution in [3.8, 4) is 5.75 Å². The summed E-state index contributed by atoms with van der Waals surface area (Å²) in [6, 6.07) is 21.2. The van der Waals surface area contributed by atoms with Crippen LogP contribution in [0.25, 0.3) is 0 Å². The van der Waals surface area contributed by atoms with Gasteiger partial charge >= 0.3 is 0 Å². The van der Waals surface area contributed by atoms with Crippen LogP contribution in [0.5, 0.6) is 5.75 Å². The fraction of sp³-hybridized carbons (Fsp3) is 0.167. The summed E-state index contributed by atoms with van der Waals surface area (Å²) in [5.74, 6) is 0.278. The molecule has 0 aliphatic heterocycles. The van der Waals surface area contributed by atoms with Crippen LogP contribution >= 0.6 is 23.2 Å². The van der Waals surface area contributed by atoms with E-state index >= 15 is 0 Å². The molecule has 0 saturated heterocycles. The van der Waals surface area contributed by atoms with Crippen molar-refractivity contribution in [2.75, 3.05) is 23.9 Å². The largest absolute Gasteiger partial charge is 0.492 e. The molecule has 3 rings (SSSR count). The molecule has 0 unspecified atom stereocenters. The fourth-order valence-electron chi connectivity index (χ4n) is 2.89. The summed E-state index contributed by atoms with van der Waals surface area (Å²) in [7, 11) is 1.73. The third kappa shape index (κ3) is 6.48. The van der Waals surface area contributed by atoms with E-state index in [1.165, 1.54) is 0 Å². The van der Waals surface area contributed by atoms with E-state index in [9.17, 15) is 9.59 Å². The molecular formula is C24H22Cl2N2O3. The third-order valence-corrected chi connectivity index (χ3v) is 5.09. The van der Waals surface area contributed by atoms with Crippen LogP contribution in [-0.4, -0.2) is 25.5 Å². The molecule has 0 radical (unpaired) electrons. The number of ether oxygens (including phenoxy) is 1. The monoisotopic (exact) mass is 456 g/mol. The maximum absolute atomic E-state index is 12.6. The van der Waals surface area contributed by atoms with Gasteiger partial charge in [-0.25, -0.2) is 0 Å². The van der Waals surface area contributed by atoms with Crippen molar-refractivity contribution >= 4 is 46.4 Å². The molecule has 0 bridgehead atoms. The molecule has 0 atom stereocenters. The van der Waals surface area contributed by atoms with Gasteiger partial charge in [0.2, 0.25) is 5.91 Å². The summed E-state index contributed by atoms with van der Waals surface area (Å²) in [4.78, 5) is 26.4. The number of amides is 2. The highest BCUT2D eigenvalue weighted by Gasteiger charge is 2.13. The Labute approximate surface area is 191 Å². The van der Waals surface area contributed by atoms with Crippen LogP contribution in [0, 0.1) is 0 Å². The number of carbonyl (C=O) groups is 2.